The number of phenols is 1. The number of benzene rings is 1. The van der Waals surface area contributed by atoms with Crippen molar-refractivity contribution in [2.45, 2.75) is 136 Å². The Kier molecular flexibility index (Phi) is 14.3. The molecule has 0 saturated heterocycles. The number of amides is 1. The van der Waals surface area contributed by atoms with Crippen molar-refractivity contribution >= 4 is 17.7 Å². The average molecular weight is 492 g/mol. The molecule has 0 saturated carbocycles. The van der Waals surface area contributed by atoms with Crippen molar-refractivity contribution in [1.82, 2.24) is 5.32 Å². The largest absolute Gasteiger partial charge is 0.507 e. The Morgan fingerprint density at radius 2 is 1.29 bits per heavy atom. The van der Waals surface area contributed by atoms with Crippen LogP contribution in [0.25, 0.3) is 0 Å². The molecule has 0 aliphatic carbocycles. The van der Waals surface area contributed by atoms with E-state index in [9.17, 15) is 9.90 Å². The summed E-state index contributed by atoms with van der Waals surface area (Å²) < 4.78 is 0. The zero-order valence-electron chi connectivity index (χ0n) is 23.3. The van der Waals surface area contributed by atoms with Crippen molar-refractivity contribution in [3.8, 4) is 5.75 Å². The maximum atomic E-state index is 12.2. The molecule has 0 aliphatic heterocycles. The van der Waals surface area contributed by atoms with Crippen LogP contribution in [0.4, 0.5) is 0 Å². The number of hydrogen-bond donors (Lipinski definition) is 2. The van der Waals surface area contributed by atoms with Crippen LogP contribution in [-0.4, -0.2) is 23.3 Å². The smallest absolute Gasteiger partial charge is 0.220 e. The van der Waals surface area contributed by atoms with E-state index < -0.39 is 0 Å². The van der Waals surface area contributed by atoms with Crippen molar-refractivity contribution in [3.05, 3.63) is 28.8 Å². The Hall–Kier alpha value is -1.16. The van der Waals surface area contributed by atoms with Gasteiger partial charge in [0, 0.05) is 24.5 Å². The first-order valence-electron chi connectivity index (χ1n) is 13.7. The van der Waals surface area contributed by atoms with Crippen LogP contribution in [-0.2, 0) is 21.4 Å². The highest BCUT2D eigenvalue weighted by Crippen LogP contribution is 2.40. The molecule has 1 amide bonds. The van der Waals surface area contributed by atoms with Gasteiger partial charge in [0.1, 0.15) is 5.75 Å². The molecule has 0 radical (unpaired) electrons. The summed E-state index contributed by atoms with van der Waals surface area (Å²) in [6.45, 7) is 15.9. The van der Waals surface area contributed by atoms with Crippen molar-refractivity contribution in [3.63, 3.8) is 0 Å². The molecule has 3 nitrogen and oxygen atoms in total. The summed E-state index contributed by atoms with van der Waals surface area (Å²) in [5, 5.41) is 14.0. The molecule has 34 heavy (non-hydrogen) atoms. The minimum Gasteiger partial charge on any atom is -0.507 e. The minimum atomic E-state index is -0.112. The van der Waals surface area contributed by atoms with Crippen molar-refractivity contribution in [2.24, 2.45) is 0 Å². The van der Waals surface area contributed by atoms with E-state index >= 15 is 0 Å². The first-order chi connectivity index (χ1) is 16.0. The van der Waals surface area contributed by atoms with Gasteiger partial charge in [-0.05, 0) is 33.9 Å². The lowest BCUT2D eigenvalue weighted by atomic mass is 9.78. The maximum absolute atomic E-state index is 12.2. The van der Waals surface area contributed by atoms with Crippen LogP contribution in [0.15, 0.2) is 12.1 Å². The normalized spacial score (nSPS) is 12.2. The number of hydrogen-bond acceptors (Lipinski definition) is 3. The van der Waals surface area contributed by atoms with E-state index in [1.807, 2.05) is 0 Å². The molecule has 0 aromatic heterocycles. The van der Waals surface area contributed by atoms with Crippen LogP contribution in [0.1, 0.15) is 136 Å². The topological polar surface area (TPSA) is 49.3 Å². The zero-order valence-corrected chi connectivity index (χ0v) is 24.1. The molecule has 0 unspecified atom stereocenters. The lowest BCUT2D eigenvalue weighted by Gasteiger charge is -2.28. The standard InChI is InChI=1S/C30H53NO2S/c1-8-9-10-11-12-13-14-15-16-17-19-31-27(32)18-20-34-23-24-21-25(29(2,3)4)28(33)26(22-24)30(5,6)7/h21-22,33H,8-20,23H2,1-7H3,(H,31,32). The second-order valence-corrected chi connectivity index (χ2v) is 13.0. The van der Waals surface area contributed by atoms with Crippen LogP contribution >= 0.6 is 11.8 Å². The second kappa shape index (κ2) is 15.8. The summed E-state index contributed by atoms with van der Waals surface area (Å²) in [6, 6.07) is 4.28. The number of phenolic OH excluding ortho intramolecular Hbond substituents is 1. The first-order valence-corrected chi connectivity index (χ1v) is 14.8. The highest BCUT2D eigenvalue weighted by atomic mass is 32.2. The summed E-state index contributed by atoms with van der Waals surface area (Å²) in [7, 11) is 0. The second-order valence-electron chi connectivity index (χ2n) is 11.9. The fourth-order valence-corrected chi connectivity index (χ4v) is 5.08. The van der Waals surface area contributed by atoms with Gasteiger partial charge in [-0.25, -0.2) is 0 Å². The molecule has 4 heteroatoms. The SMILES string of the molecule is CCCCCCCCCCCCNC(=O)CCSCc1cc(C(C)(C)C)c(O)c(C(C)(C)C)c1. The third-order valence-corrected chi connectivity index (χ3v) is 7.41. The third-order valence-electron chi connectivity index (χ3n) is 6.38. The van der Waals surface area contributed by atoms with E-state index in [0.29, 0.717) is 12.2 Å². The monoisotopic (exact) mass is 491 g/mol. The molecule has 0 atom stereocenters. The molecule has 196 valence electrons. The molecule has 0 spiro atoms. The third kappa shape index (κ3) is 12.5. The summed E-state index contributed by atoms with van der Waals surface area (Å²) in [6.07, 6.45) is 13.7. The molecular formula is C30H53NO2S. The van der Waals surface area contributed by atoms with Crippen molar-refractivity contribution in [2.75, 3.05) is 12.3 Å². The van der Waals surface area contributed by atoms with Crippen molar-refractivity contribution < 1.29 is 9.90 Å². The van der Waals surface area contributed by atoms with Crippen LogP contribution in [0, 0.1) is 0 Å². The Morgan fingerprint density at radius 1 is 0.824 bits per heavy atom. The van der Waals surface area contributed by atoms with Crippen LogP contribution in [0.5, 0.6) is 5.75 Å². The number of unbranched alkanes of at least 4 members (excludes halogenated alkanes) is 9. The van der Waals surface area contributed by atoms with Gasteiger partial charge < -0.3 is 10.4 Å². The van der Waals surface area contributed by atoms with Gasteiger partial charge in [-0.1, -0.05) is 118 Å². The Labute approximate surface area is 215 Å². The molecule has 0 heterocycles. The van der Waals surface area contributed by atoms with E-state index in [4.69, 9.17) is 0 Å². The van der Waals surface area contributed by atoms with Gasteiger partial charge in [-0.15, -0.1) is 0 Å². The molecule has 0 fully saturated rings. The molecule has 1 aromatic carbocycles. The highest BCUT2D eigenvalue weighted by Gasteiger charge is 2.26. The quantitative estimate of drug-likeness (QED) is 0.227. The maximum Gasteiger partial charge on any atom is 0.220 e. The molecule has 1 rings (SSSR count). The van der Waals surface area contributed by atoms with E-state index in [0.717, 1.165) is 35.6 Å². The van der Waals surface area contributed by atoms with Gasteiger partial charge in [0.25, 0.3) is 0 Å². The fourth-order valence-electron chi connectivity index (χ4n) is 4.20. The van der Waals surface area contributed by atoms with Crippen molar-refractivity contribution in [1.29, 1.82) is 0 Å². The number of aromatic hydroxyl groups is 1. The predicted molar refractivity (Wildman–Crippen MR) is 151 cm³/mol. The molecular weight excluding hydrogens is 438 g/mol. The number of rotatable bonds is 16. The van der Waals surface area contributed by atoms with Crippen LogP contribution in [0.2, 0.25) is 0 Å². The first kappa shape index (κ1) is 30.9. The fraction of sp³-hybridized carbons (Fsp3) is 0.767. The summed E-state index contributed by atoms with van der Waals surface area (Å²) in [5.74, 6) is 2.28. The van der Waals surface area contributed by atoms with Crippen LogP contribution < -0.4 is 5.32 Å². The number of carbonyl (C=O) groups is 1. The summed E-state index contributed by atoms with van der Waals surface area (Å²) in [4.78, 5) is 12.2. The zero-order chi connectivity index (χ0) is 25.6. The Morgan fingerprint density at radius 3 is 1.76 bits per heavy atom. The number of carbonyl (C=O) groups excluding carboxylic acids is 1. The summed E-state index contributed by atoms with van der Waals surface area (Å²) in [5.41, 5.74) is 3.01. The predicted octanol–water partition coefficient (Wildman–Crippen LogP) is 8.65. The van der Waals surface area contributed by atoms with Gasteiger partial charge in [0.15, 0.2) is 0 Å². The molecule has 0 aliphatic rings. The van der Waals surface area contributed by atoms with E-state index in [-0.39, 0.29) is 16.7 Å². The molecule has 0 bridgehead atoms. The van der Waals surface area contributed by atoms with Gasteiger partial charge in [0.2, 0.25) is 5.91 Å². The van der Waals surface area contributed by atoms with Gasteiger partial charge in [-0.3, -0.25) is 4.79 Å². The molecule has 2 N–H and O–H groups in total. The highest BCUT2D eigenvalue weighted by molar-refractivity contribution is 7.98. The lowest BCUT2D eigenvalue weighted by Crippen LogP contribution is -2.24. The van der Waals surface area contributed by atoms with Gasteiger partial charge in [0.05, 0.1) is 0 Å². The lowest BCUT2D eigenvalue weighted by molar-refractivity contribution is -0.120. The molecule has 1 aromatic rings. The van der Waals surface area contributed by atoms with Crippen LogP contribution in [0.3, 0.4) is 0 Å². The minimum absolute atomic E-state index is 0.112. The Bertz CT molecular complexity index is 680. The average Bonchev–Trinajstić information content (AvgIpc) is 2.74. The van der Waals surface area contributed by atoms with E-state index in [1.54, 1.807) is 11.8 Å². The van der Waals surface area contributed by atoms with E-state index in [2.05, 4.69) is 65.9 Å². The van der Waals surface area contributed by atoms with Gasteiger partial charge >= 0.3 is 0 Å². The number of nitrogens with one attached hydrogen (secondary N) is 1. The van der Waals surface area contributed by atoms with Gasteiger partial charge in [-0.2, -0.15) is 11.8 Å². The summed E-state index contributed by atoms with van der Waals surface area (Å²) >= 11 is 1.80. The van der Waals surface area contributed by atoms with E-state index in [1.165, 1.54) is 63.4 Å². The number of thioether (sulfide) groups is 1. The Balaban J connectivity index is 2.28.